The first-order valence-electron chi connectivity index (χ1n) is 4.98. The zero-order valence-corrected chi connectivity index (χ0v) is 8.98. The zero-order valence-electron chi connectivity index (χ0n) is 8.98. The van der Waals surface area contributed by atoms with Crippen LogP contribution in [0.3, 0.4) is 0 Å². The van der Waals surface area contributed by atoms with Crippen molar-refractivity contribution in [3.05, 3.63) is 53.8 Å². The van der Waals surface area contributed by atoms with Crippen LogP contribution in [0.5, 0.6) is 0 Å². The van der Waals surface area contributed by atoms with Gasteiger partial charge in [0.15, 0.2) is 0 Å². The van der Waals surface area contributed by atoms with E-state index in [0.29, 0.717) is 0 Å². The molecule has 0 aliphatic rings. The van der Waals surface area contributed by atoms with Crippen LogP contribution in [-0.2, 0) is 16.1 Å². The SMILES string of the molecule is C=C=C(CCO)C(=O)OCc1ccccc1. The number of ether oxygens (including phenoxy) is 1. The fraction of sp³-hybridized carbons (Fsp3) is 0.231. The Balaban J connectivity index is 2.50. The van der Waals surface area contributed by atoms with Crippen molar-refractivity contribution >= 4 is 5.97 Å². The monoisotopic (exact) mass is 218 g/mol. The maximum Gasteiger partial charge on any atom is 0.342 e. The smallest absolute Gasteiger partial charge is 0.342 e. The summed E-state index contributed by atoms with van der Waals surface area (Å²) in [7, 11) is 0. The van der Waals surface area contributed by atoms with Gasteiger partial charge in [-0.05, 0) is 5.56 Å². The summed E-state index contributed by atoms with van der Waals surface area (Å²) in [5.74, 6) is -0.479. The molecule has 16 heavy (non-hydrogen) atoms. The standard InChI is InChI=1S/C13H14O3/c1-2-12(8-9-14)13(15)16-10-11-6-4-3-5-7-11/h3-7,14H,1,8-10H2. The topological polar surface area (TPSA) is 46.5 Å². The number of benzene rings is 1. The highest BCUT2D eigenvalue weighted by Gasteiger charge is 2.09. The molecule has 1 rings (SSSR count). The Bertz CT molecular complexity index is 389. The van der Waals surface area contributed by atoms with E-state index in [-0.39, 0.29) is 25.2 Å². The molecule has 0 saturated heterocycles. The van der Waals surface area contributed by atoms with Crippen molar-refractivity contribution in [2.75, 3.05) is 6.61 Å². The molecule has 1 aromatic rings. The molecule has 0 radical (unpaired) electrons. The molecule has 0 spiro atoms. The average molecular weight is 218 g/mol. The van der Waals surface area contributed by atoms with Gasteiger partial charge in [-0.3, -0.25) is 0 Å². The molecule has 0 amide bonds. The van der Waals surface area contributed by atoms with Crippen molar-refractivity contribution in [2.45, 2.75) is 13.0 Å². The van der Waals surface area contributed by atoms with Gasteiger partial charge < -0.3 is 9.84 Å². The maximum absolute atomic E-state index is 11.5. The van der Waals surface area contributed by atoms with Gasteiger partial charge in [-0.2, -0.15) is 0 Å². The molecule has 0 heterocycles. The summed E-state index contributed by atoms with van der Waals surface area (Å²) in [4.78, 5) is 11.5. The summed E-state index contributed by atoms with van der Waals surface area (Å²) in [6, 6.07) is 9.39. The molecule has 0 bridgehead atoms. The van der Waals surface area contributed by atoms with Crippen molar-refractivity contribution < 1.29 is 14.6 Å². The molecule has 0 aliphatic carbocycles. The number of rotatable bonds is 5. The van der Waals surface area contributed by atoms with E-state index in [1.54, 1.807) is 0 Å². The number of carbonyl (C=O) groups excluding carboxylic acids is 1. The van der Waals surface area contributed by atoms with E-state index in [1.807, 2.05) is 30.3 Å². The summed E-state index contributed by atoms with van der Waals surface area (Å²) in [6.07, 6.45) is 0.219. The zero-order chi connectivity index (χ0) is 11.8. The van der Waals surface area contributed by atoms with Crippen molar-refractivity contribution in [2.24, 2.45) is 0 Å². The van der Waals surface area contributed by atoms with Gasteiger partial charge in [0.1, 0.15) is 6.61 Å². The molecule has 0 atom stereocenters. The van der Waals surface area contributed by atoms with Crippen LogP contribution in [0.2, 0.25) is 0 Å². The number of carbonyl (C=O) groups is 1. The lowest BCUT2D eigenvalue weighted by atomic mass is 10.2. The summed E-state index contributed by atoms with van der Waals surface area (Å²) < 4.78 is 5.04. The van der Waals surface area contributed by atoms with Gasteiger partial charge >= 0.3 is 5.97 Å². The molecule has 3 heteroatoms. The number of hydrogen-bond donors (Lipinski definition) is 1. The molecule has 0 unspecified atom stereocenters. The lowest BCUT2D eigenvalue weighted by Crippen LogP contribution is -2.08. The van der Waals surface area contributed by atoms with E-state index < -0.39 is 5.97 Å². The normalized spacial score (nSPS) is 9.31. The van der Waals surface area contributed by atoms with Crippen LogP contribution in [0.15, 0.2) is 48.2 Å². The molecule has 1 aromatic carbocycles. The quantitative estimate of drug-likeness (QED) is 0.466. The highest BCUT2D eigenvalue weighted by molar-refractivity contribution is 5.88. The minimum Gasteiger partial charge on any atom is -0.457 e. The Morgan fingerprint density at radius 3 is 2.62 bits per heavy atom. The van der Waals surface area contributed by atoms with E-state index >= 15 is 0 Å². The van der Waals surface area contributed by atoms with Gasteiger partial charge in [0, 0.05) is 13.0 Å². The average Bonchev–Trinajstić information content (AvgIpc) is 2.34. The van der Waals surface area contributed by atoms with Crippen molar-refractivity contribution in [3.63, 3.8) is 0 Å². The molecular formula is C13H14O3. The fourth-order valence-electron chi connectivity index (χ4n) is 1.18. The number of hydrogen-bond acceptors (Lipinski definition) is 3. The van der Waals surface area contributed by atoms with Crippen molar-refractivity contribution in [1.82, 2.24) is 0 Å². The third-order valence-corrected chi connectivity index (χ3v) is 2.03. The molecule has 0 aromatic heterocycles. The van der Waals surface area contributed by atoms with Gasteiger partial charge in [-0.15, -0.1) is 5.73 Å². The van der Waals surface area contributed by atoms with Crippen molar-refractivity contribution in [3.8, 4) is 0 Å². The van der Waals surface area contributed by atoms with E-state index in [1.165, 1.54) is 0 Å². The lowest BCUT2D eigenvalue weighted by Gasteiger charge is -2.05. The summed E-state index contributed by atoms with van der Waals surface area (Å²) in [5, 5.41) is 8.71. The predicted molar refractivity (Wildman–Crippen MR) is 60.6 cm³/mol. The summed E-state index contributed by atoms with van der Waals surface area (Å²) >= 11 is 0. The molecule has 84 valence electrons. The van der Waals surface area contributed by atoms with E-state index in [4.69, 9.17) is 9.84 Å². The Morgan fingerprint density at radius 2 is 2.06 bits per heavy atom. The van der Waals surface area contributed by atoms with E-state index in [9.17, 15) is 4.79 Å². The maximum atomic E-state index is 11.5. The van der Waals surface area contributed by atoms with E-state index in [2.05, 4.69) is 12.3 Å². The fourth-order valence-corrected chi connectivity index (χ4v) is 1.18. The number of esters is 1. The minimum atomic E-state index is -0.479. The number of aliphatic hydroxyl groups is 1. The van der Waals surface area contributed by atoms with Gasteiger partial charge in [0.05, 0.1) is 5.57 Å². The second-order valence-corrected chi connectivity index (χ2v) is 3.19. The third kappa shape index (κ3) is 3.73. The molecule has 0 aliphatic heterocycles. The van der Waals surface area contributed by atoms with Crippen LogP contribution >= 0.6 is 0 Å². The Morgan fingerprint density at radius 1 is 1.38 bits per heavy atom. The lowest BCUT2D eigenvalue weighted by molar-refractivity contribution is -0.140. The van der Waals surface area contributed by atoms with Gasteiger partial charge in [0.2, 0.25) is 0 Å². The predicted octanol–water partition coefficient (Wildman–Crippen LogP) is 1.82. The van der Waals surface area contributed by atoms with Gasteiger partial charge in [-0.25, -0.2) is 4.79 Å². The van der Waals surface area contributed by atoms with Gasteiger partial charge in [0.25, 0.3) is 0 Å². The van der Waals surface area contributed by atoms with Crippen LogP contribution in [0.4, 0.5) is 0 Å². The van der Waals surface area contributed by atoms with Crippen LogP contribution < -0.4 is 0 Å². The number of aliphatic hydroxyl groups excluding tert-OH is 1. The Kier molecular flexibility index (Phi) is 5.06. The molecular weight excluding hydrogens is 204 g/mol. The van der Waals surface area contributed by atoms with Crippen molar-refractivity contribution in [1.29, 1.82) is 0 Å². The largest absolute Gasteiger partial charge is 0.457 e. The molecule has 0 saturated carbocycles. The Hall–Kier alpha value is -1.83. The highest BCUT2D eigenvalue weighted by Crippen LogP contribution is 2.06. The molecule has 0 fully saturated rings. The highest BCUT2D eigenvalue weighted by atomic mass is 16.5. The van der Waals surface area contributed by atoms with Crippen LogP contribution in [-0.4, -0.2) is 17.7 Å². The summed E-state index contributed by atoms with van der Waals surface area (Å²) in [6.45, 7) is 3.49. The Labute approximate surface area is 94.7 Å². The molecule has 1 N–H and O–H groups in total. The van der Waals surface area contributed by atoms with E-state index in [0.717, 1.165) is 5.56 Å². The first-order chi connectivity index (χ1) is 7.77. The second-order valence-electron chi connectivity index (χ2n) is 3.19. The molecule has 3 nitrogen and oxygen atoms in total. The van der Waals surface area contributed by atoms with Crippen LogP contribution in [0.25, 0.3) is 0 Å². The van der Waals surface area contributed by atoms with Gasteiger partial charge in [-0.1, -0.05) is 36.9 Å². The first kappa shape index (κ1) is 12.2. The van der Waals surface area contributed by atoms with Crippen LogP contribution in [0.1, 0.15) is 12.0 Å². The first-order valence-corrected chi connectivity index (χ1v) is 4.98. The minimum absolute atomic E-state index is 0.113. The second kappa shape index (κ2) is 6.62. The van der Waals surface area contributed by atoms with Crippen LogP contribution in [0, 0.1) is 0 Å². The third-order valence-electron chi connectivity index (χ3n) is 2.03. The summed E-state index contributed by atoms with van der Waals surface area (Å²) in [5.41, 5.74) is 3.67.